The number of fused-ring (bicyclic) bond motifs is 1. The van der Waals surface area contributed by atoms with Gasteiger partial charge in [-0.1, -0.05) is 0 Å². The van der Waals surface area contributed by atoms with E-state index >= 15 is 0 Å². The molecule has 1 unspecified atom stereocenters. The molecule has 1 aliphatic heterocycles. The topological polar surface area (TPSA) is 15.3 Å². The standard InChI is InChI=1S/C7H14N2/c1-9-5-4-8-6-2-3-7(6)9/h6-8H,2-5H2,1H3/t6-,7?/m1/s1. The molecule has 0 aromatic carbocycles. The molecule has 2 rings (SSSR count). The molecule has 1 N–H and O–H groups in total. The SMILES string of the molecule is CN1CCN[C@@H]2CCC21. The van der Waals surface area contributed by atoms with Crippen molar-refractivity contribution >= 4 is 0 Å². The van der Waals surface area contributed by atoms with Crippen LogP contribution in [0.4, 0.5) is 0 Å². The van der Waals surface area contributed by atoms with Crippen LogP contribution in [-0.4, -0.2) is 37.1 Å². The molecule has 1 saturated heterocycles. The van der Waals surface area contributed by atoms with Crippen molar-refractivity contribution in [2.24, 2.45) is 0 Å². The van der Waals surface area contributed by atoms with E-state index in [9.17, 15) is 0 Å². The molecule has 0 radical (unpaired) electrons. The Hall–Kier alpha value is -0.0800. The molecule has 1 aliphatic carbocycles. The molecule has 0 amide bonds. The minimum absolute atomic E-state index is 0.837. The van der Waals surface area contributed by atoms with E-state index in [-0.39, 0.29) is 0 Å². The van der Waals surface area contributed by atoms with Gasteiger partial charge in [0.05, 0.1) is 0 Å². The summed E-state index contributed by atoms with van der Waals surface area (Å²) in [6.45, 7) is 2.43. The van der Waals surface area contributed by atoms with Crippen molar-refractivity contribution in [2.75, 3.05) is 20.1 Å². The molecule has 0 aromatic heterocycles. The second-order valence-corrected chi connectivity index (χ2v) is 3.19. The van der Waals surface area contributed by atoms with Gasteiger partial charge >= 0.3 is 0 Å². The molecule has 0 spiro atoms. The zero-order chi connectivity index (χ0) is 6.27. The first kappa shape index (κ1) is 5.69. The van der Waals surface area contributed by atoms with Gasteiger partial charge in [0.25, 0.3) is 0 Å². The van der Waals surface area contributed by atoms with Crippen LogP contribution in [0.15, 0.2) is 0 Å². The first-order chi connectivity index (χ1) is 4.38. The van der Waals surface area contributed by atoms with Gasteiger partial charge in [-0.15, -0.1) is 0 Å². The van der Waals surface area contributed by atoms with Crippen molar-refractivity contribution in [3.8, 4) is 0 Å². The van der Waals surface area contributed by atoms with Crippen molar-refractivity contribution in [3.05, 3.63) is 0 Å². The Morgan fingerprint density at radius 3 is 2.78 bits per heavy atom. The number of rotatable bonds is 0. The lowest BCUT2D eigenvalue weighted by Gasteiger charge is -2.47. The number of piperazine rings is 1. The molecule has 2 aliphatic rings. The minimum atomic E-state index is 0.837. The van der Waals surface area contributed by atoms with Gasteiger partial charge in [0, 0.05) is 25.2 Å². The van der Waals surface area contributed by atoms with E-state index in [1.165, 1.54) is 25.9 Å². The van der Waals surface area contributed by atoms with Gasteiger partial charge in [-0.05, 0) is 19.9 Å². The Balaban J connectivity index is 1.98. The third-order valence-electron chi connectivity index (χ3n) is 2.68. The Bertz CT molecular complexity index is 107. The van der Waals surface area contributed by atoms with E-state index in [0.29, 0.717) is 0 Å². The molecular weight excluding hydrogens is 112 g/mol. The Labute approximate surface area is 56.2 Å². The molecule has 1 heterocycles. The lowest BCUT2D eigenvalue weighted by Crippen LogP contribution is -2.61. The fourth-order valence-electron chi connectivity index (χ4n) is 1.84. The van der Waals surface area contributed by atoms with Gasteiger partial charge in [0.1, 0.15) is 0 Å². The molecule has 2 atom stereocenters. The Morgan fingerprint density at radius 2 is 2.33 bits per heavy atom. The van der Waals surface area contributed by atoms with Crippen LogP contribution >= 0.6 is 0 Å². The molecule has 52 valence electrons. The van der Waals surface area contributed by atoms with E-state index in [1.807, 2.05) is 0 Å². The third kappa shape index (κ3) is 0.775. The second kappa shape index (κ2) is 1.96. The summed E-state index contributed by atoms with van der Waals surface area (Å²) >= 11 is 0. The number of hydrogen-bond donors (Lipinski definition) is 1. The maximum Gasteiger partial charge on any atom is 0.0247 e. The van der Waals surface area contributed by atoms with Gasteiger partial charge in [0.2, 0.25) is 0 Å². The highest BCUT2D eigenvalue weighted by Crippen LogP contribution is 2.26. The summed E-state index contributed by atoms with van der Waals surface area (Å²) in [5.74, 6) is 0. The summed E-state index contributed by atoms with van der Waals surface area (Å²) in [5.41, 5.74) is 0. The predicted molar refractivity (Wildman–Crippen MR) is 37.4 cm³/mol. The molecule has 9 heavy (non-hydrogen) atoms. The van der Waals surface area contributed by atoms with Crippen LogP contribution in [-0.2, 0) is 0 Å². The number of nitrogens with one attached hydrogen (secondary N) is 1. The number of hydrogen-bond acceptors (Lipinski definition) is 2. The fourth-order valence-corrected chi connectivity index (χ4v) is 1.84. The second-order valence-electron chi connectivity index (χ2n) is 3.19. The van der Waals surface area contributed by atoms with Crippen LogP contribution in [0, 0.1) is 0 Å². The van der Waals surface area contributed by atoms with E-state index < -0.39 is 0 Å². The maximum absolute atomic E-state index is 3.51. The first-order valence-electron chi connectivity index (χ1n) is 3.81. The minimum Gasteiger partial charge on any atom is -0.311 e. The smallest absolute Gasteiger partial charge is 0.0247 e. The van der Waals surface area contributed by atoms with Crippen LogP contribution in [0.5, 0.6) is 0 Å². The largest absolute Gasteiger partial charge is 0.311 e. The number of nitrogens with zero attached hydrogens (tertiary/aromatic N) is 1. The van der Waals surface area contributed by atoms with Gasteiger partial charge in [0.15, 0.2) is 0 Å². The van der Waals surface area contributed by atoms with Gasteiger partial charge < -0.3 is 10.2 Å². The fraction of sp³-hybridized carbons (Fsp3) is 1.00. The van der Waals surface area contributed by atoms with Gasteiger partial charge in [-0.3, -0.25) is 0 Å². The molecule has 1 saturated carbocycles. The summed E-state index contributed by atoms with van der Waals surface area (Å²) in [7, 11) is 2.23. The van der Waals surface area contributed by atoms with Crippen LogP contribution in [0.2, 0.25) is 0 Å². The Kier molecular flexibility index (Phi) is 1.24. The monoisotopic (exact) mass is 126 g/mol. The number of likely N-dealkylation sites (N-methyl/N-ethyl adjacent to an activating group) is 1. The lowest BCUT2D eigenvalue weighted by molar-refractivity contribution is 0.0750. The average molecular weight is 126 g/mol. The summed E-state index contributed by atoms with van der Waals surface area (Å²) in [5, 5.41) is 3.51. The van der Waals surface area contributed by atoms with Crippen LogP contribution in [0.3, 0.4) is 0 Å². The Morgan fingerprint density at radius 1 is 1.44 bits per heavy atom. The zero-order valence-electron chi connectivity index (χ0n) is 5.93. The van der Waals surface area contributed by atoms with Crippen LogP contribution in [0.25, 0.3) is 0 Å². The average Bonchev–Trinajstić information content (AvgIpc) is 1.74. The van der Waals surface area contributed by atoms with E-state index in [2.05, 4.69) is 17.3 Å². The van der Waals surface area contributed by atoms with Crippen LogP contribution < -0.4 is 5.32 Å². The van der Waals surface area contributed by atoms with Crippen molar-refractivity contribution in [2.45, 2.75) is 24.9 Å². The van der Waals surface area contributed by atoms with Gasteiger partial charge in [-0.2, -0.15) is 0 Å². The quantitative estimate of drug-likeness (QED) is 0.493. The molecule has 0 aromatic rings. The molecule has 2 nitrogen and oxygen atoms in total. The molecular formula is C7H14N2. The highest BCUT2D eigenvalue weighted by atomic mass is 15.2. The summed E-state index contributed by atoms with van der Waals surface area (Å²) in [6, 6.07) is 1.71. The zero-order valence-corrected chi connectivity index (χ0v) is 5.93. The van der Waals surface area contributed by atoms with Crippen molar-refractivity contribution in [1.82, 2.24) is 10.2 Å². The third-order valence-corrected chi connectivity index (χ3v) is 2.68. The van der Waals surface area contributed by atoms with Crippen molar-refractivity contribution in [3.63, 3.8) is 0 Å². The van der Waals surface area contributed by atoms with Crippen LogP contribution in [0.1, 0.15) is 12.8 Å². The summed E-state index contributed by atoms with van der Waals surface area (Å²) < 4.78 is 0. The first-order valence-corrected chi connectivity index (χ1v) is 3.81. The van der Waals surface area contributed by atoms with E-state index in [4.69, 9.17) is 0 Å². The summed E-state index contributed by atoms with van der Waals surface area (Å²) in [6.07, 6.45) is 2.81. The molecule has 2 heteroatoms. The van der Waals surface area contributed by atoms with Gasteiger partial charge in [-0.25, -0.2) is 0 Å². The molecule has 0 bridgehead atoms. The lowest BCUT2D eigenvalue weighted by atomic mass is 9.84. The highest BCUT2D eigenvalue weighted by molar-refractivity contribution is 4.96. The predicted octanol–water partition coefficient (Wildman–Crippen LogP) is 0.0524. The maximum atomic E-state index is 3.51. The highest BCUT2D eigenvalue weighted by Gasteiger charge is 2.35. The van der Waals surface area contributed by atoms with E-state index in [1.54, 1.807) is 0 Å². The normalized spacial score (nSPS) is 43.7. The summed E-state index contributed by atoms with van der Waals surface area (Å²) in [4.78, 5) is 2.48. The van der Waals surface area contributed by atoms with E-state index in [0.717, 1.165) is 12.1 Å². The van der Waals surface area contributed by atoms with Crippen molar-refractivity contribution < 1.29 is 0 Å². The molecule has 2 fully saturated rings. The van der Waals surface area contributed by atoms with Crippen molar-refractivity contribution in [1.29, 1.82) is 0 Å².